The van der Waals surface area contributed by atoms with Gasteiger partial charge in [0.1, 0.15) is 0 Å². The van der Waals surface area contributed by atoms with Gasteiger partial charge in [0, 0.05) is 18.0 Å². The summed E-state index contributed by atoms with van der Waals surface area (Å²) in [5.74, 6) is 0. The molecule has 2 aromatic rings. The predicted molar refractivity (Wildman–Crippen MR) is 94.2 cm³/mol. The molecule has 0 aliphatic carbocycles. The summed E-state index contributed by atoms with van der Waals surface area (Å²) in [6.07, 6.45) is 3.52. The second kappa shape index (κ2) is 7.77. The van der Waals surface area contributed by atoms with Crippen molar-refractivity contribution in [2.45, 2.75) is 51.5 Å². The van der Waals surface area contributed by atoms with E-state index in [-0.39, 0.29) is 5.41 Å². The number of benzene rings is 1. The van der Waals surface area contributed by atoms with E-state index in [0.717, 1.165) is 13.0 Å². The lowest BCUT2D eigenvalue weighted by molar-refractivity contribution is 0.342. The van der Waals surface area contributed by atoms with E-state index >= 15 is 0 Å². The highest BCUT2D eigenvalue weighted by Gasteiger charge is 2.29. The molecular formula is C19H27NS. The topological polar surface area (TPSA) is 12.0 Å². The summed E-state index contributed by atoms with van der Waals surface area (Å²) in [6, 6.07) is 13.8. The number of hydrogen-bond acceptors (Lipinski definition) is 2. The third kappa shape index (κ3) is 4.42. The van der Waals surface area contributed by atoms with Crippen molar-refractivity contribution in [2.24, 2.45) is 0 Å². The van der Waals surface area contributed by atoms with Crippen LogP contribution in [0.4, 0.5) is 0 Å². The molecule has 0 fully saturated rings. The third-order valence-electron chi connectivity index (χ3n) is 4.38. The van der Waals surface area contributed by atoms with Crippen molar-refractivity contribution in [3.05, 3.63) is 58.3 Å². The first-order valence-electron chi connectivity index (χ1n) is 7.96. The Bertz CT molecular complexity index is 504. The van der Waals surface area contributed by atoms with Crippen LogP contribution >= 0.6 is 11.3 Å². The van der Waals surface area contributed by atoms with Gasteiger partial charge in [0.2, 0.25) is 0 Å². The molecule has 1 N–H and O–H groups in total. The largest absolute Gasteiger partial charge is 0.314 e. The van der Waals surface area contributed by atoms with E-state index in [4.69, 9.17) is 0 Å². The van der Waals surface area contributed by atoms with Crippen molar-refractivity contribution in [1.82, 2.24) is 5.32 Å². The van der Waals surface area contributed by atoms with Crippen LogP contribution in [0.25, 0.3) is 0 Å². The van der Waals surface area contributed by atoms with Gasteiger partial charge < -0.3 is 5.32 Å². The number of thiophene rings is 1. The van der Waals surface area contributed by atoms with E-state index < -0.39 is 0 Å². The first-order chi connectivity index (χ1) is 10.2. The zero-order valence-corrected chi connectivity index (χ0v) is 14.2. The highest BCUT2D eigenvalue weighted by Crippen LogP contribution is 2.33. The summed E-state index contributed by atoms with van der Waals surface area (Å²) in [6.45, 7) is 7.83. The summed E-state index contributed by atoms with van der Waals surface area (Å²) in [4.78, 5) is 0. The summed E-state index contributed by atoms with van der Waals surface area (Å²) >= 11 is 1.80. The molecule has 1 nitrogen and oxygen atoms in total. The Morgan fingerprint density at radius 2 is 1.90 bits per heavy atom. The van der Waals surface area contributed by atoms with E-state index in [1.807, 2.05) is 0 Å². The minimum absolute atomic E-state index is 0.230. The number of aryl methyl sites for hydroxylation is 1. The molecule has 2 heteroatoms. The van der Waals surface area contributed by atoms with Gasteiger partial charge in [0.05, 0.1) is 0 Å². The van der Waals surface area contributed by atoms with E-state index in [2.05, 4.69) is 73.2 Å². The fraction of sp³-hybridized carbons (Fsp3) is 0.474. The predicted octanol–water partition coefficient (Wildman–Crippen LogP) is 5.03. The zero-order chi connectivity index (χ0) is 15.1. The van der Waals surface area contributed by atoms with Crippen LogP contribution in [0.3, 0.4) is 0 Å². The third-order valence-corrected chi connectivity index (χ3v) is 5.12. The Balaban J connectivity index is 2.18. The molecule has 0 amide bonds. The van der Waals surface area contributed by atoms with Crippen LogP contribution < -0.4 is 5.32 Å². The SMILES string of the molecule is CCC(CCc1ccsc1)(CNC(C)C)c1ccccc1. The van der Waals surface area contributed by atoms with Gasteiger partial charge >= 0.3 is 0 Å². The number of nitrogens with one attached hydrogen (secondary N) is 1. The Kier molecular flexibility index (Phi) is 6.01. The van der Waals surface area contributed by atoms with E-state index in [0.29, 0.717) is 6.04 Å². The molecule has 0 aliphatic rings. The lowest BCUT2D eigenvalue weighted by Gasteiger charge is -2.35. The van der Waals surface area contributed by atoms with Crippen LogP contribution in [0, 0.1) is 0 Å². The first kappa shape index (κ1) is 16.3. The molecule has 1 unspecified atom stereocenters. The maximum atomic E-state index is 3.67. The first-order valence-corrected chi connectivity index (χ1v) is 8.90. The molecule has 1 heterocycles. The smallest absolute Gasteiger partial charge is 0.00784 e. The highest BCUT2D eigenvalue weighted by molar-refractivity contribution is 7.07. The van der Waals surface area contributed by atoms with Crippen LogP contribution in [0.1, 0.15) is 44.7 Å². The normalized spacial score (nSPS) is 14.3. The Morgan fingerprint density at radius 1 is 1.14 bits per heavy atom. The van der Waals surface area contributed by atoms with Crippen molar-refractivity contribution in [2.75, 3.05) is 6.54 Å². The second-order valence-corrected chi connectivity index (χ2v) is 6.95. The van der Waals surface area contributed by atoms with Crippen LogP contribution in [-0.2, 0) is 11.8 Å². The van der Waals surface area contributed by atoms with Crippen molar-refractivity contribution in [3.63, 3.8) is 0 Å². The Labute approximate surface area is 133 Å². The molecule has 0 saturated carbocycles. The molecule has 2 rings (SSSR count). The number of rotatable bonds is 8. The van der Waals surface area contributed by atoms with Crippen LogP contribution in [-0.4, -0.2) is 12.6 Å². The number of hydrogen-bond donors (Lipinski definition) is 1. The van der Waals surface area contributed by atoms with Gasteiger partial charge in [-0.15, -0.1) is 0 Å². The lowest BCUT2D eigenvalue weighted by atomic mass is 9.73. The van der Waals surface area contributed by atoms with Gasteiger partial charge in [-0.25, -0.2) is 0 Å². The van der Waals surface area contributed by atoms with Gasteiger partial charge in [0.15, 0.2) is 0 Å². The maximum Gasteiger partial charge on any atom is 0.00784 e. The van der Waals surface area contributed by atoms with Crippen molar-refractivity contribution in [3.8, 4) is 0 Å². The fourth-order valence-electron chi connectivity index (χ4n) is 2.85. The van der Waals surface area contributed by atoms with Crippen molar-refractivity contribution < 1.29 is 0 Å². The molecule has 0 bridgehead atoms. The minimum atomic E-state index is 0.230. The monoisotopic (exact) mass is 301 g/mol. The quantitative estimate of drug-likeness (QED) is 0.721. The summed E-state index contributed by atoms with van der Waals surface area (Å²) < 4.78 is 0. The van der Waals surface area contributed by atoms with Crippen LogP contribution in [0.5, 0.6) is 0 Å². The molecule has 1 atom stereocenters. The second-order valence-electron chi connectivity index (χ2n) is 6.17. The summed E-state index contributed by atoms with van der Waals surface area (Å²) in [5, 5.41) is 8.13. The molecular weight excluding hydrogens is 274 g/mol. The van der Waals surface area contributed by atoms with Gasteiger partial charge in [-0.1, -0.05) is 51.1 Å². The zero-order valence-electron chi connectivity index (χ0n) is 13.4. The molecule has 1 aromatic carbocycles. The maximum absolute atomic E-state index is 3.67. The van der Waals surface area contributed by atoms with Gasteiger partial charge in [-0.2, -0.15) is 11.3 Å². The Morgan fingerprint density at radius 3 is 2.48 bits per heavy atom. The van der Waals surface area contributed by atoms with E-state index in [9.17, 15) is 0 Å². The molecule has 1 aromatic heterocycles. The average molecular weight is 301 g/mol. The van der Waals surface area contributed by atoms with E-state index in [1.165, 1.54) is 24.0 Å². The lowest BCUT2D eigenvalue weighted by Crippen LogP contribution is -2.41. The fourth-order valence-corrected chi connectivity index (χ4v) is 3.55. The van der Waals surface area contributed by atoms with Gasteiger partial charge in [0.25, 0.3) is 0 Å². The van der Waals surface area contributed by atoms with Gasteiger partial charge in [-0.3, -0.25) is 0 Å². The standard InChI is InChI=1S/C19H27NS/c1-4-19(15-20-16(2)3,18-8-6-5-7-9-18)12-10-17-11-13-21-14-17/h5-9,11,13-14,16,20H,4,10,12,15H2,1-3H3. The molecule has 0 saturated heterocycles. The molecule has 0 radical (unpaired) electrons. The van der Waals surface area contributed by atoms with Crippen LogP contribution in [0.2, 0.25) is 0 Å². The van der Waals surface area contributed by atoms with Gasteiger partial charge in [-0.05, 0) is 47.2 Å². The summed E-state index contributed by atoms with van der Waals surface area (Å²) in [7, 11) is 0. The average Bonchev–Trinajstić information content (AvgIpc) is 3.02. The van der Waals surface area contributed by atoms with Crippen molar-refractivity contribution in [1.29, 1.82) is 0 Å². The van der Waals surface area contributed by atoms with Crippen LogP contribution in [0.15, 0.2) is 47.2 Å². The molecule has 114 valence electrons. The molecule has 0 aliphatic heterocycles. The van der Waals surface area contributed by atoms with E-state index in [1.54, 1.807) is 11.3 Å². The molecule has 21 heavy (non-hydrogen) atoms. The molecule has 0 spiro atoms. The highest BCUT2D eigenvalue weighted by atomic mass is 32.1. The Hall–Kier alpha value is -1.12. The van der Waals surface area contributed by atoms with Crippen molar-refractivity contribution >= 4 is 11.3 Å². The summed E-state index contributed by atoms with van der Waals surface area (Å²) in [5.41, 5.74) is 3.17. The minimum Gasteiger partial charge on any atom is -0.314 e.